The number of hydrogen-bond acceptors (Lipinski definition) is 2. The van der Waals surface area contributed by atoms with Gasteiger partial charge < -0.3 is 0 Å². The molecule has 0 rings (SSSR count). The minimum atomic E-state index is 0.554. The first-order valence-corrected chi connectivity index (χ1v) is 7.81. The van der Waals surface area contributed by atoms with Crippen LogP contribution >= 0.6 is 0 Å². The van der Waals surface area contributed by atoms with Crippen LogP contribution in [-0.2, 0) is 0 Å². The van der Waals surface area contributed by atoms with Crippen molar-refractivity contribution in [3.05, 3.63) is 0 Å². The van der Waals surface area contributed by atoms with Crippen LogP contribution in [0, 0.1) is 0 Å². The lowest BCUT2D eigenvalue weighted by Crippen LogP contribution is -2.34. The van der Waals surface area contributed by atoms with E-state index in [0.717, 1.165) is 0 Å². The van der Waals surface area contributed by atoms with Crippen LogP contribution < -0.4 is 11.3 Å². The predicted molar refractivity (Wildman–Crippen MR) is 77.9 cm³/mol. The number of hydrogen-bond donors (Lipinski definition) is 2. The first-order chi connectivity index (χ1) is 8.35. The number of nitrogens with two attached hydrogens (primary N) is 1. The molecule has 0 aromatic carbocycles. The molecule has 0 spiro atoms. The molecule has 2 nitrogen and oxygen atoms in total. The second-order valence-electron chi connectivity index (χ2n) is 5.27. The quantitative estimate of drug-likeness (QED) is 0.283. The maximum absolute atomic E-state index is 5.60. The lowest BCUT2D eigenvalue weighted by Gasteiger charge is -2.15. The van der Waals surface area contributed by atoms with Crippen LogP contribution in [0.25, 0.3) is 0 Å². The third kappa shape index (κ3) is 12.2. The normalized spacial score (nSPS) is 12.9. The summed E-state index contributed by atoms with van der Waals surface area (Å²) in [6.45, 7) is 4.53. The van der Waals surface area contributed by atoms with Gasteiger partial charge in [0.05, 0.1) is 0 Å². The Morgan fingerprint density at radius 3 is 1.59 bits per heavy atom. The fourth-order valence-corrected chi connectivity index (χ4v) is 2.30. The molecular weight excluding hydrogens is 208 g/mol. The zero-order chi connectivity index (χ0) is 12.8. The molecule has 104 valence electrons. The molecule has 1 atom stereocenters. The molecule has 3 N–H and O–H groups in total. The van der Waals surface area contributed by atoms with E-state index in [-0.39, 0.29) is 0 Å². The Labute approximate surface area is 109 Å². The van der Waals surface area contributed by atoms with Crippen molar-refractivity contribution >= 4 is 0 Å². The van der Waals surface area contributed by atoms with Crippen LogP contribution in [0.5, 0.6) is 0 Å². The fraction of sp³-hybridized carbons (Fsp3) is 1.00. The van der Waals surface area contributed by atoms with E-state index in [1.54, 1.807) is 0 Å². The monoisotopic (exact) mass is 242 g/mol. The Kier molecular flexibility index (Phi) is 13.9. The summed E-state index contributed by atoms with van der Waals surface area (Å²) in [5.41, 5.74) is 2.98. The second kappa shape index (κ2) is 14.0. The average Bonchev–Trinajstić information content (AvgIpc) is 2.36. The van der Waals surface area contributed by atoms with E-state index in [1.807, 2.05) is 0 Å². The highest BCUT2D eigenvalue weighted by molar-refractivity contribution is 4.63. The van der Waals surface area contributed by atoms with Gasteiger partial charge in [-0.05, 0) is 12.8 Å². The van der Waals surface area contributed by atoms with Crippen molar-refractivity contribution in [2.75, 3.05) is 0 Å². The van der Waals surface area contributed by atoms with Crippen molar-refractivity contribution in [2.45, 2.75) is 96.9 Å². The molecule has 0 saturated heterocycles. The number of unbranched alkanes of at least 4 members (excludes halogenated alkanes) is 8. The molecule has 2 heteroatoms. The van der Waals surface area contributed by atoms with Crippen molar-refractivity contribution in [1.82, 2.24) is 5.43 Å². The molecule has 17 heavy (non-hydrogen) atoms. The third-order valence-electron chi connectivity index (χ3n) is 3.55. The van der Waals surface area contributed by atoms with Crippen molar-refractivity contribution in [1.29, 1.82) is 0 Å². The van der Waals surface area contributed by atoms with E-state index in [0.29, 0.717) is 6.04 Å². The van der Waals surface area contributed by atoms with Gasteiger partial charge in [-0.1, -0.05) is 78.1 Å². The standard InChI is InChI=1S/C15H34N2/c1-3-5-7-9-10-12-14-15(17-16)13-11-8-6-4-2/h15,17H,3-14,16H2,1-2H3. The molecule has 0 aliphatic rings. The number of nitrogens with one attached hydrogen (secondary N) is 1. The molecule has 0 aliphatic heterocycles. The second-order valence-corrected chi connectivity index (χ2v) is 5.27. The number of rotatable bonds is 13. The van der Waals surface area contributed by atoms with Gasteiger partial charge in [0, 0.05) is 6.04 Å². The van der Waals surface area contributed by atoms with Crippen LogP contribution in [0.2, 0.25) is 0 Å². The summed E-state index contributed by atoms with van der Waals surface area (Å²) >= 11 is 0. The molecule has 0 aliphatic carbocycles. The van der Waals surface area contributed by atoms with E-state index in [2.05, 4.69) is 19.3 Å². The summed E-state index contributed by atoms with van der Waals surface area (Å²) in [4.78, 5) is 0. The Hall–Kier alpha value is -0.0800. The highest BCUT2D eigenvalue weighted by atomic mass is 15.2. The van der Waals surface area contributed by atoms with Gasteiger partial charge >= 0.3 is 0 Å². The SMILES string of the molecule is CCCCCCCCC(CCCCCC)NN. The maximum Gasteiger partial charge on any atom is 0.0210 e. The Bertz CT molecular complexity index is 137. The van der Waals surface area contributed by atoms with Crippen LogP contribution in [0.3, 0.4) is 0 Å². The highest BCUT2D eigenvalue weighted by Crippen LogP contribution is 2.12. The molecule has 0 aromatic rings. The fourth-order valence-electron chi connectivity index (χ4n) is 2.30. The highest BCUT2D eigenvalue weighted by Gasteiger charge is 2.05. The van der Waals surface area contributed by atoms with Crippen molar-refractivity contribution in [3.63, 3.8) is 0 Å². The number of hydrazine groups is 1. The van der Waals surface area contributed by atoms with E-state index in [9.17, 15) is 0 Å². The largest absolute Gasteiger partial charge is 0.271 e. The molecular formula is C15H34N2. The van der Waals surface area contributed by atoms with Gasteiger partial charge in [0.15, 0.2) is 0 Å². The van der Waals surface area contributed by atoms with Crippen molar-refractivity contribution < 1.29 is 0 Å². The van der Waals surface area contributed by atoms with Crippen molar-refractivity contribution in [2.24, 2.45) is 5.84 Å². The third-order valence-corrected chi connectivity index (χ3v) is 3.55. The van der Waals surface area contributed by atoms with E-state index >= 15 is 0 Å². The minimum absolute atomic E-state index is 0.554. The Balaban J connectivity index is 3.28. The van der Waals surface area contributed by atoms with Gasteiger partial charge in [-0.25, -0.2) is 0 Å². The van der Waals surface area contributed by atoms with Crippen LogP contribution in [0.4, 0.5) is 0 Å². The van der Waals surface area contributed by atoms with Gasteiger partial charge in [-0.15, -0.1) is 0 Å². The predicted octanol–water partition coefficient (Wildman–Crippen LogP) is 4.54. The molecule has 0 aromatic heterocycles. The van der Waals surface area contributed by atoms with Crippen LogP contribution in [-0.4, -0.2) is 6.04 Å². The molecule has 0 amide bonds. The lowest BCUT2D eigenvalue weighted by atomic mass is 10.0. The topological polar surface area (TPSA) is 38.0 Å². The van der Waals surface area contributed by atoms with Crippen LogP contribution in [0.15, 0.2) is 0 Å². The van der Waals surface area contributed by atoms with E-state index < -0.39 is 0 Å². The summed E-state index contributed by atoms with van der Waals surface area (Å²) in [7, 11) is 0. The van der Waals surface area contributed by atoms with Gasteiger partial charge in [0.2, 0.25) is 0 Å². The molecule has 0 fully saturated rings. The summed E-state index contributed by atoms with van der Waals surface area (Å²) in [5, 5.41) is 0. The zero-order valence-electron chi connectivity index (χ0n) is 12.1. The summed E-state index contributed by atoms with van der Waals surface area (Å²) < 4.78 is 0. The van der Waals surface area contributed by atoms with E-state index in [4.69, 9.17) is 5.84 Å². The van der Waals surface area contributed by atoms with Gasteiger partial charge in [0.1, 0.15) is 0 Å². The molecule has 0 radical (unpaired) electrons. The lowest BCUT2D eigenvalue weighted by molar-refractivity contribution is 0.421. The molecule has 1 unspecified atom stereocenters. The Morgan fingerprint density at radius 2 is 1.12 bits per heavy atom. The molecule has 0 heterocycles. The van der Waals surface area contributed by atoms with Crippen molar-refractivity contribution in [3.8, 4) is 0 Å². The molecule has 0 saturated carbocycles. The average molecular weight is 242 g/mol. The minimum Gasteiger partial charge on any atom is -0.271 e. The summed E-state index contributed by atoms with van der Waals surface area (Å²) in [6, 6.07) is 0.554. The maximum atomic E-state index is 5.60. The van der Waals surface area contributed by atoms with Gasteiger partial charge in [0.25, 0.3) is 0 Å². The van der Waals surface area contributed by atoms with Crippen LogP contribution in [0.1, 0.15) is 90.9 Å². The Morgan fingerprint density at radius 1 is 0.706 bits per heavy atom. The van der Waals surface area contributed by atoms with E-state index in [1.165, 1.54) is 77.0 Å². The molecule has 0 bridgehead atoms. The van der Waals surface area contributed by atoms with Gasteiger partial charge in [-0.2, -0.15) is 0 Å². The zero-order valence-corrected chi connectivity index (χ0v) is 12.1. The summed E-state index contributed by atoms with van der Waals surface area (Å²) in [5.74, 6) is 5.60. The summed E-state index contributed by atoms with van der Waals surface area (Å²) in [6.07, 6.45) is 16.2. The first kappa shape index (κ1) is 16.9. The smallest absolute Gasteiger partial charge is 0.0210 e. The van der Waals surface area contributed by atoms with Gasteiger partial charge in [-0.3, -0.25) is 11.3 Å². The first-order valence-electron chi connectivity index (χ1n) is 7.81.